The van der Waals surface area contributed by atoms with Crippen LogP contribution in [0.2, 0.25) is 0 Å². The van der Waals surface area contributed by atoms with Crippen molar-refractivity contribution >= 4 is 5.82 Å². The second-order valence-corrected chi connectivity index (χ2v) is 7.97. The lowest BCUT2D eigenvalue weighted by atomic mass is 9.88. The van der Waals surface area contributed by atoms with E-state index < -0.39 is 5.95 Å². The van der Waals surface area contributed by atoms with E-state index in [0.29, 0.717) is 23.1 Å². The number of para-hydroxylation sites is 1. The summed E-state index contributed by atoms with van der Waals surface area (Å²) in [6.45, 7) is 5.15. The number of halogens is 1. The molecule has 0 aliphatic carbocycles. The van der Waals surface area contributed by atoms with E-state index in [9.17, 15) is 4.39 Å². The fourth-order valence-electron chi connectivity index (χ4n) is 3.71. The summed E-state index contributed by atoms with van der Waals surface area (Å²) >= 11 is 0. The molecule has 2 atom stereocenters. The molecule has 0 aliphatic rings. The molecule has 3 heterocycles. The molecule has 0 spiro atoms. The Kier molecular flexibility index (Phi) is 6.88. The number of methoxy groups -OCH3 is 1. The first-order valence-corrected chi connectivity index (χ1v) is 10.8. The average molecular weight is 444 g/mol. The standard InChI is InChI=1S/C26H26FN5O/c1-17(18(2)21-6-4-5-7-24(21)33-3)15-30-26-14-23(31-16-32-26)19-8-10-28-22(12-19)20-9-11-29-25(27)13-20/h4-14,16-18H,15H2,1-3H3,(H,30,31,32)/t17-,18?/m1/s1. The van der Waals surface area contributed by atoms with Gasteiger partial charge in [-0.1, -0.05) is 32.0 Å². The van der Waals surface area contributed by atoms with Crippen LogP contribution in [-0.4, -0.2) is 33.6 Å². The van der Waals surface area contributed by atoms with Gasteiger partial charge in [0.2, 0.25) is 5.95 Å². The molecule has 0 saturated carbocycles. The first-order chi connectivity index (χ1) is 16.0. The summed E-state index contributed by atoms with van der Waals surface area (Å²) in [5, 5.41) is 3.43. The van der Waals surface area contributed by atoms with Crippen LogP contribution in [0.3, 0.4) is 0 Å². The van der Waals surface area contributed by atoms with E-state index in [1.807, 2.05) is 36.4 Å². The number of anilines is 1. The summed E-state index contributed by atoms with van der Waals surface area (Å²) < 4.78 is 19.0. The number of benzene rings is 1. The lowest BCUT2D eigenvalue weighted by Gasteiger charge is -2.23. The Morgan fingerprint density at radius 1 is 0.879 bits per heavy atom. The molecule has 4 aromatic rings. The molecule has 0 saturated heterocycles. The number of nitrogens with zero attached hydrogens (tertiary/aromatic N) is 4. The zero-order chi connectivity index (χ0) is 23.2. The van der Waals surface area contributed by atoms with Gasteiger partial charge >= 0.3 is 0 Å². The van der Waals surface area contributed by atoms with Gasteiger partial charge in [0.1, 0.15) is 17.9 Å². The highest BCUT2D eigenvalue weighted by Crippen LogP contribution is 2.31. The van der Waals surface area contributed by atoms with Crippen molar-refractivity contribution in [2.45, 2.75) is 19.8 Å². The summed E-state index contributed by atoms with van der Waals surface area (Å²) in [4.78, 5) is 16.7. The van der Waals surface area contributed by atoms with Crippen LogP contribution in [0.1, 0.15) is 25.3 Å². The van der Waals surface area contributed by atoms with Gasteiger partial charge in [0.05, 0.1) is 18.5 Å². The summed E-state index contributed by atoms with van der Waals surface area (Å²) in [5.41, 5.74) is 4.14. The number of hydrogen-bond acceptors (Lipinski definition) is 6. The SMILES string of the molecule is COc1ccccc1C(C)[C@H](C)CNc1cc(-c2ccnc(-c3ccnc(F)c3)c2)ncn1. The predicted octanol–water partition coefficient (Wildman–Crippen LogP) is 5.60. The van der Waals surface area contributed by atoms with Gasteiger partial charge in [-0.05, 0) is 41.7 Å². The highest BCUT2D eigenvalue weighted by molar-refractivity contribution is 5.69. The van der Waals surface area contributed by atoms with Crippen molar-refractivity contribution in [2.24, 2.45) is 5.92 Å². The second kappa shape index (κ2) is 10.2. The number of hydrogen-bond donors (Lipinski definition) is 1. The van der Waals surface area contributed by atoms with Gasteiger partial charge in [0.25, 0.3) is 0 Å². The van der Waals surface area contributed by atoms with E-state index in [4.69, 9.17) is 4.74 Å². The third-order valence-electron chi connectivity index (χ3n) is 5.83. The Balaban J connectivity index is 1.48. The fourth-order valence-corrected chi connectivity index (χ4v) is 3.71. The Hall–Kier alpha value is -3.87. The third-order valence-corrected chi connectivity index (χ3v) is 5.83. The molecular weight excluding hydrogens is 417 g/mol. The minimum atomic E-state index is -0.537. The first kappa shape index (κ1) is 22.3. The normalized spacial score (nSPS) is 12.7. The summed E-state index contributed by atoms with van der Waals surface area (Å²) in [7, 11) is 1.70. The Bertz CT molecular complexity index is 1230. The van der Waals surface area contributed by atoms with Gasteiger partial charge in [-0.25, -0.2) is 15.0 Å². The number of aromatic nitrogens is 4. The maximum atomic E-state index is 13.5. The highest BCUT2D eigenvalue weighted by atomic mass is 19.1. The summed E-state index contributed by atoms with van der Waals surface area (Å²) in [6, 6.07) is 16.9. The Morgan fingerprint density at radius 2 is 1.61 bits per heavy atom. The molecule has 0 bridgehead atoms. The summed E-state index contributed by atoms with van der Waals surface area (Å²) in [5.74, 6) is 1.76. The van der Waals surface area contributed by atoms with Crippen molar-refractivity contribution in [2.75, 3.05) is 19.0 Å². The zero-order valence-electron chi connectivity index (χ0n) is 18.9. The Morgan fingerprint density at radius 3 is 2.39 bits per heavy atom. The van der Waals surface area contributed by atoms with E-state index >= 15 is 0 Å². The number of ether oxygens (including phenoxy) is 1. The van der Waals surface area contributed by atoms with Crippen molar-refractivity contribution in [1.82, 2.24) is 19.9 Å². The predicted molar refractivity (Wildman–Crippen MR) is 128 cm³/mol. The number of pyridine rings is 2. The molecule has 168 valence electrons. The molecule has 0 radical (unpaired) electrons. The van der Waals surface area contributed by atoms with Crippen LogP contribution in [0.25, 0.3) is 22.5 Å². The van der Waals surface area contributed by atoms with Crippen molar-refractivity contribution in [3.63, 3.8) is 0 Å². The number of nitrogens with one attached hydrogen (secondary N) is 1. The molecule has 1 unspecified atom stereocenters. The van der Waals surface area contributed by atoms with Crippen molar-refractivity contribution < 1.29 is 9.13 Å². The van der Waals surface area contributed by atoms with Gasteiger partial charge in [0.15, 0.2) is 0 Å². The summed E-state index contributed by atoms with van der Waals surface area (Å²) in [6.07, 6.45) is 4.66. The van der Waals surface area contributed by atoms with Crippen molar-refractivity contribution in [3.8, 4) is 28.3 Å². The second-order valence-electron chi connectivity index (χ2n) is 7.97. The van der Waals surface area contributed by atoms with Crippen LogP contribution in [0.5, 0.6) is 5.75 Å². The minimum Gasteiger partial charge on any atom is -0.496 e. The Labute approximate surface area is 192 Å². The minimum absolute atomic E-state index is 0.304. The molecule has 0 amide bonds. The van der Waals surface area contributed by atoms with Gasteiger partial charge in [-0.15, -0.1) is 0 Å². The van der Waals surface area contributed by atoms with Crippen LogP contribution in [0.15, 0.2) is 73.3 Å². The van der Waals surface area contributed by atoms with E-state index in [1.165, 1.54) is 24.2 Å². The molecular formula is C26H26FN5O. The van der Waals surface area contributed by atoms with Gasteiger partial charge in [-0.2, -0.15) is 4.39 Å². The molecule has 7 heteroatoms. The first-order valence-electron chi connectivity index (χ1n) is 10.8. The van der Waals surface area contributed by atoms with Gasteiger partial charge in [0, 0.05) is 42.2 Å². The van der Waals surface area contributed by atoms with Crippen LogP contribution in [0.4, 0.5) is 10.2 Å². The molecule has 33 heavy (non-hydrogen) atoms. The maximum absolute atomic E-state index is 13.5. The van der Waals surface area contributed by atoms with E-state index in [2.05, 4.69) is 45.2 Å². The molecule has 4 rings (SSSR count). The third kappa shape index (κ3) is 5.31. The van der Waals surface area contributed by atoms with Crippen LogP contribution in [-0.2, 0) is 0 Å². The molecule has 0 aliphatic heterocycles. The van der Waals surface area contributed by atoms with Gasteiger partial charge < -0.3 is 10.1 Å². The molecule has 1 aromatic carbocycles. The molecule has 6 nitrogen and oxygen atoms in total. The van der Waals surface area contributed by atoms with E-state index in [1.54, 1.807) is 19.4 Å². The average Bonchev–Trinajstić information content (AvgIpc) is 2.87. The zero-order valence-corrected chi connectivity index (χ0v) is 18.9. The van der Waals surface area contributed by atoms with Gasteiger partial charge in [-0.3, -0.25) is 4.98 Å². The quantitative estimate of drug-likeness (QED) is 0.357. The monoisotopic (exact) mass is 443 g/mol. The molecule has 0 fully saturated rings. The highest BCUT2D eigenvalue weighted by Gasteiger charge is 2.18. The lowest BCUT2D eigenvalue weighted by molar-refractivity contribution is 0.397. The molecule has 1 N–H and O–H groups in total. The van der Waals surface area contributed by atoms with Crippen LogP contribution >= 0.6 is 0 Å². The van der Waals surface area contributed by atoms with Crippen LogP contribution in [0, 0.1) is 11.9 Å². The fraction of sp³-hybridized carbons (Fsp3) is 0.231. The van der Waals surface area contributed by atoms with Crippen molar-refractivity contribution in [3.05, 3.63) is 84.8 Å². The van der Waals surface area contributed by atoms with E-state index in [-0.39, 0.29) is 0 Å². The smallest absolute Gasteiger partial charge is 0.213 e. The van der Waals surface area contributed by atoms with E-state index in [0.717, 1.165) is 29.4 Å². The number of rotatable bonds is 8. The van der Waals surface area contributed by atoms with Crippen molar-refractivity contribution in [1.29, 1.82) is 0 Å². The molecule has 3 aromatic heterocycles. The maximum Gasteiger partial charge on any atom is 0.213 e. The lowest BCUT2D eigenvalue weighted by Crippen LogP contribution is -2.18. The largest absolute Gasteiger partial charge is 0.496 e. The topological polar surface area (TPSA) is 72.8 Å². The van der Waals surface area contributed by atoms with Crippen LogP contribution < -0.4 is 10.1 Å².